The normalized spacial score (nSPS) is 31.9. The standard InChI is InChI=1S/C22H31ClN2O5/c1-13(2)17-7-4-14(3)10-20(17)30-22(26)29-16-6-8-19(25(27)28)18(11-16)15-5-9-21(23)24-12-15/h5,9,12-14,16-20H,4,6-8,10-11H2,1-3H3/t14?,16-,17?,18+,19-,20?/m0/s1. The van der Waals surface area contributed by atoms with Gasteiger partial charge >= 0.3 is 6.16 Å². The van der Waals surface area contributed by atoms with Crippen LogP contribution in [0.5, 0.6) is 0 Å². The van der Waals surface area contributed by atoms with E-state index in [-0.39, 0.29) is 16.9 Å². The lowest BCUT2D eigenvalue weighted by Crippen LogP contribution is -2.39. The van der Waals surface area contributed by atoms with Crippen molar-refractivity contribution in [1.29, 1.82) is 0 Å². The van der Waals surface area contributed by atoms with Gasteiger partial charge in [0.1, 0.15) is 17.4 Å². The molecule has 0 amide bonds. The number of rotatable bonds is 5. The number of nitrogens with zero attached hydrogens (tertiary/aromatic N) is 2. The summed E-state index contributed by atoms with van der Waals surface area (Å²) < 4.78 is 11.4. The quantitative estimate of drug-likeness (QED) is 0.256. The molecule has 2 fully saturated rings. The first-order valence-electron chi connectivity index (χ1n) is 10.9. The minimum Gasteiger partial charge on any atom is -0.431 e. The molecule has 0 bridgehead atoms. The molecule has 0 spiro atoms. The van der Waals surface area contributed by atoms with Crippen molar-refractivity contribution in [2.45, 2.75) is 83.5 Å². The van der Waals surface area contributed by atoms with E-state index < -0.39 is 18.3 Å². The van der Waals surface area contributed by atoms with Gasteiger partial charge in [-0.3, -0.25) is 10.1 Å². The fourth-order valence-corrected chi connectivity index (χ4v) is 5.09. The summed E-state index contributed by atoms with van der Waals surface area (Å²) in [5.41, 5.74) is 0.740. The maximum Gasteiger partial charge on any atom is 0.508 e. The second-order valence-corrected chi connectivity index (χ2v) is 9.55. The Balaban J connectivity index is 1.63. The Morgan fingerprint density at radius 3 is 2.60 bits per heavy atom. The summed E-state index contributed by atoms with van der Waals surface area (Å²) in [5.74, 6) is 0.920. The van der Waals surface area contributed by atoms with Crippen molar-refractivity contribution < 1.29 is 19.2 Å². The van der Waals surface area contributed by atoms with Gasteiger partial charge in [0.05, 0.1) is 5.92 Å². The molecule has 0 radical (unpaired) electrons. The predicted octanol–water partition coefficient (Wildman–Crippen LogP) is 5.63. The van der Waals surface area contributed by atoms with Crippen molar-refractivity contribution in [3.8, 4) is 0 Å². The SMILES string of the molecule is CC1CCC(C(C)C)C(OC(=O)O[C@H]2CC[C@H]([N+](=O)[O-])[C@@H](c3ccc(Cl)nc3)C2)C1. The van der Waals surface area contributed by atoms with Gasteiger partial charge in [0.25, 0.3) is 0 Å². The van der Waals surface area contributed by atoms with Crippen molar-refractivity contribution in [3.63, 3.8) is 0 Å². The van der Waals surface area contributed by atoms with Gasteiger partial charge in [0, 0.05) is 17.5 Å². The van der Waals surface area contributed by atoms with Crippen LogP contribution in [-0.4, -0.2) is 34.3 Å². The van der Waals surface area contributed by atoms with Crippen LogP contribution in [0.25, 0.3) is 0 Å². The molecule has 2 aliphatic rings. The Kier molecular flexibility index (Phi) is 7.55. The molecule has 1 aromatic rings. The number of halogens is 1. The summed E-state index contributed by atoms with van der Waals surface area (Å²) in [6.45, 7) is 6.50. The smallest absolute Gasteiger partial charge is 0.431 e. The molecule has 0 aliphatic heterocycles. The highest BCUT2D eigenvalue weighted by molar-refractivity contribution is 6.29. The van der Waals surface area contributed by atoms with E-state index in [0.717, 1.165) is 24.8 Å². The summed E-state index contributed by atoms with van der Waals surface area (Å²) in [4.78, 5) is 27.9. The molecule has 30 heavy (non-hydrogen) atoms. The fourth-order valence-electron chi connectivity index (χ4n) is 4.98. The highest BCUT2D eigenvalue weighted by Crippen LogP contribution is 2.38. The first-order chi connectivity index (χ1) is 14.2. The number of hydrogen-bond donors (Lipinski definition) is 0. The van der Waals surface area contributed by atoms with Gasteiger partial charge in [-0.25, -0.2) is 9.78 Å². The highest BCUT2D eigenvalue weighted by atomic mass is 35.5. The second-order valence-electron chi connectivity index (χ2n) is 9.16. The molecule has 7 nitrogen and oxygen atoms in total. The molecule has 1 aromatic heterocycles. The molecule has 1 heterocycles. The Labute approximate surface area is 182 Å². The zero-order chi connectivity index (χ0) is 21.8. The van der Waals surface area contributed by atoms with Gasteiger partial charge < -0.3 is 9.47 Å². The minimum absolute atomic E-state index is 0.132. The first-order valence-corrected chi connectivity index (χ1v) is 11.2. The van der Waals surface area contributed by atoms with Gasteiger partial charge in [-0.15, -0.1) is 0 Å². The van der Waals surface area contributed by atoms with Gasteiger partial charge in [-0.2, -0.15) is 0 Å². The van der Waals surface area contributed by atoms with Crippen LogP contribution < -0.4 is 0 Å². The van der Waals surface area contributed by atoms with E-state index in [1.165, 1.54) is 0 Å². The van der Waals surface area contributed by atoms with E-state index in [2.05, 4.69) is 25.8 Å². The van der Waals surface area contributed by atoms with E-state index in [9.17, 15) is 14.9 Å². The van der Waals surface area contributed by atoms with Gasteiger partial charge in [0.15, 0.2) is 0 Å². The van der Waals surface area contributed by atoms with Gasteiger partial charge in [0.2, 0.25) is 6.04 Å². The Morgan fingerprint density at radius 1 is 1.20 bits per heavy atom. The largest absolute Gasteiger partial charge is 0.508 e. The first kappa shape index (κ1) is 22.8. The average molecular weight is 439 g/mol. The third kappa shape index (κ3) is 5.62. The maximum absolute atomic E-state index is 12.5. The monoisotopic (exact) mass is 438 g/mol. The third-order valence-electron chi connectivity index (χ3n) is 6.69. The van der Waals surface area contributed by atoms with Crippen molar-refractivity contribution in [3.05, 3.63) is 39.2 Å². The molecule has 3 unspecified atom stereocenters. The topological polar surface area (TPSA) is 91.6 Å². The highest BCUT2D eigenvalue weighted by Gasteiger charge is 2.41. The third-order valence-corrected chi connectivity index (χ3v) is 6.91. The van der Waals surface area contributed by atoms with Crippen molar-refractivity contribution in [2.24, 2.45) is 17.8 Å². The summed E-state index contributed by atoms with van der Waals surface area (Å²) >= 11 is 5.85. The number of pyridine rings is 1. The number of hydrogen-bond acceptors (Lipinski definition) is 6. The van der Waals surface area contributed by atoms with Crippen LogP contribution in [0.2, 0.25) is 5.15 Å². The number of carbonyl (C=O) groups is 1. The number of aromatic nitrogens is 1. The summed E-state index contributed by atoms with van der Waals surface area (Å²) in [6, 6.07) is 2.66. The lowest BCUT2D eigenvalue weighted by molar-refractivity contribution is -0.531. The summed E-state index contributed by atoms with van der Waals surface area (Å²) in [6.07, 6.45) is 4.60. The van der Waals surface area contributed by atoms with Crippen molar-refractivity contribution in [1.82, 2.24) is 4.98 Å². The van der Waals surface area contributed by atoms with Crippen LogP contribution in [0.3, 0.4) is 0 Å². The molecule has 0 aromatic carbocycles. The van der Waals surface area contributed by atoms with Crippen LogP contribution in [0.15, 0.2) is 18.3 Å². The van der Waals surface area contributed by atoms with Gasteiger partial charge in [-0.1, -0.05) is 44.9 Å². The van der Waals surface area contributed by atoms with E-state index >= 15 is 0 Å². The lowest BCUT2D eigenvalue weighted by Gasteiger charge is -2.37. The van der Waals surface area contributed by atoms with Crippen LogP contribution in [0.4, 0.5) is 4.79 Å². The van der Waals surface area contributed by atoms with E-state index in [1.54, 1.807) is 18.3 Å². The molecule has 6 atom stereocenters. The van der Waals surface area contributed by atoms with Crippen LogP contribution in [-0.2, 0) is 9.47 Å². The fraction of sp³-hybridized carbons (Fsp3) is 0.727. The van der Waals surface area contributed by atoms with Crippen LogP contribution >= 0.6 is 11.6 Å². The van der Waals surface area contributed by atoms with Crippen LogP contribution in [0, 0.1) is 27.9 Å². The second kappa shape index (κ2) is 9.94. The Morgan fingerprint density at radius 2 is 1.97 bits per heavy atom. The predicted molar refractivity (Wildman–Crippen MR) is 113 cm³/mol. The van der Waals surface area contributed by atoms with Crippen LogP contribution in [0.1, 0.15) is 70.8 Å². The van der Waals surface area contributed by atoms with E-state index in [0.29, 0.717) is 42.2 Å². The molecule has 2 saturated carbocycles. The number of ether oxygens (including phenoxy) is 2. The molecule has 3 rings (SSSR count). The number of nitro groups is 1. The molecule has 166 valence electrons. The average Bonchev–Trinajstić information content (AvgIpc) is 2.68. The van der Waals surface area contributed by atoms with E-state index in [4.69, 9.17) is 21.1 Å². The maximum atomic E-state index is 12.5. The summed E-state index contributed by atoms with van der Waals surface area (Å²) in [5, 5.41) is 11.9. The van der Waals surface area contributed by atoms with Crippen molar-refractivity contribution in [2.75, 3.05) is 0 Å². The Hall–Kier alpha value is -1.89. The van der Waals surface area contributed by atoms with Crippen molar-refractivity contribution >= 4 is 17.8 Å². The molecule has 0 saturated heterocycles. The Bertz CT molecular complexity index is 742. The lowest BCUT2D eigenvalue weighted by atomic mass is 9.75. The molecule has 0 N–H and O–H groups in total. The number of carbonyl (C=O) groups excluding carboxylic acids is 1. The zero-order valence-corrected chi connectivity index (χ0v) is 18.6. The molecular weight excluding hydrogens is 408 g/mol. The molecule has 8 heteroatoms. The molecular formula is C22H31ClN2O5. The van der Waals surface area contributed by atoms with Gasteiger partial charge in [-0.05, 0) is 55.1 Å². The summed E-state index contributed by atoms with van der Waals surface area (Å²) in [7, 11) is 0. The molecule has 2 aliphatic carbocycles. The van der Waals surface area contributed by atoms with E-state index in [1.807, 2.05) is 0 Å². The minimum atomic E-state index is -0.728. The zero-order valence-electron chi connectivity index (χ0n) is 17.8.